The van der Waals surface area contributed by atoms with Gasteiger partial charge in [0, 0.05) is 20.0 Å². The Labute approximate surface area is 212 Å². The fraction of sp³-hybridized carbons (Fsp3) is 0.259. The van der Waals surface area contributed by atoms with E-state index < -0.39 is 28.5 Å². The number of hydrogen-bond donors (Lipinski definition) is 1. The molecule has 0 heterocycles. The average molecular weight is 510 g/mol. The molecule has 1 N–H and O–H groups in total. The third-order valence-corrected chi connectivity index (χ3v) is 6.87. The number of carbonyl (C=O) groups excluding carboxylic acids is 2. The smallest absolute Gasteiger partial charge is 0.244 e. The Kier molecular flexibility index (Phi) is 9.08. The van der Waals surface area contributed by atoms with Crippen LogP contribution in [0.3, 0.4) is 0 Å². The van der Waals surface area contributed by atoms with Crippen LogP contribution in [0, 0.1) is 0 Å². The van der Waals surface area contributed by atoms with Crippen LogP contribution in [0.4, 0.5) is 5.69 Å². The first-order chi connectivity index (χ1) is 17.2. The third-order valence-electron chi connectivity index (χ3n) is 5.73. The number of rotatable bonds is 11. The Balaban J connectivity index is 2.02. The van der Waals surface area contributed by atoms with Crippen molar-refractivity contribution < 1.29 is 22.7 Å². The number of benzene rings is 3. The number of sulfonamides is 1. The summed E-state index contributed by atoms with van der Waals surface area (Å²) in [6, 6.07) is 24.1. The zero-order chi connectivity index (χ0) is 26.1. The van der Waals surface area contributed by atoms with Crippen LogP contribution < -0.4 is 14.4 Å². The topological polar surface area (TPSA) is 96.0 Å². The summed E-state index contributed by atoms with van der Waals surface area (Å²) in [5, 5.41) is 2.65. The summed E-state index contributed by atoms with van der Waals surface area (Å²) in [5.74, 6) is -0.237. The van der Waals surface area contributed by atoms with E-state index >= 15 is 0 Å². The Morgan fingerprint density at radius 1 is 0.917 bits per heavy atom. The maximum atomic E-state index is 13.8. The molecule has 1 atom stereocenters. The van der Waals surface area contributed by atoms with Crippen LogP contribution in [0.1, 0.15) is 11.1 Å². The minimum atomic E-state index is -3.78. The molecule has 36 heavy (non-hydrogen) atoms. The first-order valence-electron chi connectivity index (χ1n) is 11.4. The quantitative estimate of drug-likeness (QED) is 0.429. The van der Waals surface area contributed by atoms with Gasteiger partial charge in [-0.25, -0.2) is 8.42 Å². The second-order valence-corrected chi connectivity index (χ2v) is 10.2. The Morgan fingerprint density at radius 2 is 1.53 bits per heavy atom. The number of likely N-dealkylation sites (N-methyl/N-ethyl adjacent to an activating group) is 1. The molecule has 0 saturated carbocycles. The van der Waals surface area contributed by atoms with Gasteiger partial charge >= 0.3 is 0 Å². The number of ether oxygens (including phenoxy) is 1. The second kappa shape index (κ2) is 12.2. The van der Waals surface area contributed by atoms with Gasteiger partial charge < -0.3 is 15.0 Å². The Bertz CT molecular complexity index is 1270. The van der Waals surface area contributed by atoms with Crippen LogP contribution in [0.2, 0.25) is 0 Å². The van der Waals surface area contributed by atoms with Crippen molar-refractivity contribution in [2.45, 2.75) is 19.0 Å². The van der Waals surface area contributed by atoms with E-state index in [0.717, 1.165) is 21.7 Å². The third kappa shape index (κ3) is 7.08. The molecule has 0 fully saturated rings. The summed E-state index contributed by atoms with van der Waals surface area (Å²) in [6.45, 7) is -0.359. The van der Waals surface area contributed by atoms with Gasteiger partial charge in [-0.1, -0.05) is 60.7 Å². The molecular weight excluding hydrogens is 478 g/mol. The summed E-state index contributed by atoms with van der Waals surface area (Å²) < 4.78 is 31.7. The highest BCUT2D eigenvalue weighted by Crippen LogP contribution is 2.21. The lowest BCUT2D eigenvalue weighted by molar-refractivity contribution is -0.139. The molecule has 3 rings (SSSR count). The number of methoxy groups -OCH3 is 1. The first-order valence-corrected chi connectivity index (χ1v) is 13.3. The van der Waals surface area contributed by atoms with Gasteiger partial charge in [0.2, 0.25) is 21.8 Å². The van der Waals surface area contributed by atoms with E-state index in [-0.39, 0.29) is 18.9 Å². The van der Waals surface area contributed by atoms with Gasteiger partial charge in [-0.3, -0.25) is 13.9 Å². The molecule has 0 saturated heterocycles. The van der Waals surface area contributed by atoms with Crippen LogP contribution >= 0.6 is 0 Å². The van der Waals surface area contributed by atoms with E-state index in [1.807, 2.05) is 36.4 Å². The summed E-state index contributed by atoms with van der Waals surface area (Å²) in [6.07, 6.45) is 1.32. The molecule has 190 valence electrons. The predicted octanol–water partition coefficient (Wildman–Crippen LogP) is 2.85. The molecule has 0 aromatic heterocycles. The first kappa shape index (κ1) is 26.7. The zero-order valence-electron chi connectivity index (χ0n) is 20.6. The SMILES string of the molecule is CNC(=O)C(Cc1ccccc1)N(Cc1cccc(OC)c1)C(=O)CN(c1ccccc1)S(C)(=O)=O. The van der Waals surface area contributed by atoms with Crippen molar-refractivity contribution in [1.82, 2.24) is 10.2 Å². The monoisotopic (exact) mass is 509 g/mol. The van der Waals surface area contributed by atoms with E-state index in [9.17, 15) is 18.0 Å². The molecular formula is C27H31N3O5S. The average Bonchev–Trinajstić information content (AvgIpc) is 2.89. The fourth-order valence-corrected chi connectivity index (χ4v) is 4.75. The van der Waals surface area contributed by atoms with Gasteiger partial charge in [-0.05, 0) is 35.4 Å². The number of hydrogen-bond acceptors (Lipinski definition) is 5. The van der Waals surface area contributed by atoms with Crippen LogP contribution in [0.25, 0.3) is 0 Å². The minimum absolute atomic E-state index is 0.0906. The van der Waals surface area contributed by atoms with Crippen molar-refractivity contribution in [3.63, 3.8) is 0 Å². The number of amides is 2. The fourth-order valence-electron chi connectivity index (χ4n) is 3.90. The lowest BCUT2D eigenvalue weighted by atomic mass is 10.0. The maximum absolute atomic E-state index is 13.8. The van der Waals surface area contributed by atoms with Gasteiger partial charge in [0.1, 0.15) is 18.3 Å². The summed E-state index contributed by atoms with van der Waals surface area (Å²) >= 11 is 0. The van der Waals surface area contributed by atoms with Crippen LogP contribution in [-0.2, 0) is 32.6 Å². The van der Waals surface area contributed by atoms with Crippen molar-refractivity contribution in [2.24, 2.45) is 0 Å². The van der Waals surface area contributed by atoms with E-state index in [2.05, 4.69) is 5.32 Å². The maximum Gasteiger partial charge on any atom is 0.244 e. The van der Waals surface area contributed by atoms with Crippen molar-refractivity contribution in [3.05, 3.63) is 96.1 Å². The molecule has 0 radical (unpaired) electrons. The van der Waals surface area contributed by atoms with Gasteiger partial charge in [-0.15, -0.1) is 0 Å². The summed E-state index contributed by atoms with van der Waals surface area (Å²) in [7, 11) is -0.710. The molecule has 3 aromatic carbocycles. The van der Waals surface area contributed by atoms with E-state index in [1.165, 1.54) is 11.9 Å². The van der Waals surface area contributed by atoms with E-state index in [1.54, 1.807) is 55.6 Å². The lowest BCUT2D eigenvalue weighted by Gasteiger charge is -2.33. The Morgan fingerprint density at radius 3 is 2.11 bits per heavy atom. The van der Waals surface area contributed by atoms with Crippen LogP contribution in [-0.4, -0.2) is 58.1 Å². The van der Waals surface area contributed by atoms with Crippen molar-refractivity contribution in [3.8, 4) is 5.75 Å². The van der Waals surface area contributed by atoms with Crippen molar-refractivity contribution in [1.29, 1.82) is 0 Å². The number of anilines is 1. The van der Waals surface area contributed by atoms with Crippen LogP contribution in [0.5, 0.6) is 5.75 Å². The highest BCUT2D eigenvalue weighted by atomic mass is 32.2. The second-order valence-electron chi connectivity index (χ2n) is 8.30. The lowest BCUT2D eigenvalue weighted by Crippen LogP contribution is -2.52. The molecule has 0 spiro atoms. The molecule has 3 aromatic rings. The predicted molar refractivity (Wildman–Crippen MR) is 140 cm³/mol. The molecule has 0 bridgehead atoms. The number of nitrogens with one attached hydrogen (secondary N) is 1. The highest BCUT2D eigenvalue weighted by molar-refractivity contribution is 7.92. The molecule has 0 aliphatic carbocycles. The van der Waals surface area contributed by atoms with Crippen molar-refractivity contribution in [2.75, 3.05) is 31.3 Å². The van der Waals surface area contributed by atoms with Gasteiger partial charge in [0.25, 0.3) is 0 Å². The zero-order valence-corrected chi connectivity index (χ0v) is 21.4. The normalized spacial score (nSPS) is 11.9. The van der Waals surface area contributed by atoms with E-state index in [0.29, 0.717) is 11.4 Å². The molecule has 8 nitrogen and oxygen atoms in total. The molecule has 1 unspecified atom stereocenters. The van der Waals surface area contributed by atoms with Gasteiger partial charge in [-0.2, -0.15) is 0 Å². The van der Waals surface area contributed by atoms with Gasteiger partial charge in [0.15, 0.2) is 0 Å². The molecule has 2 amide bonds. The summed E-state index contributed by atoms with van der Waals surface area (Å²) in [4.78, 5) is 28.3. The molecule has 9 heteroatoms. The Hall–Kier alpha value is -3.85. The molecule has 0 aliphatic heterocycles. The van der Waals surface area contributed by atoms with Gasteiger partial charge in [0.05, 0.1) is 19.1 Å². The number of para-hydroxylation sites is 1. The highest BCUT2D eigenvalue weighted by Gasteiger charge is 2.32. The number of carbonyl (C=O) groups is 2. The largest absolute Gasteiger partial charge is 0.497 e. The van der Waals surface area contributed by atoms with E-state index in [4.69, 9.17) is 4.74 Å². The number of nitrogens with zero attached hydrogens (tertiary/aromatic N) is 2. The van der Waals surface area contributed by atoms with Crippen LogP contribution in [0.15, 0.2) is 84.9 Å². The molecule has 0 aliphatic rings. The standard InChI is InChI=1S/C27H31N3O5S/c1-28-27(32)25(18-21-11-6-4-7-12-21)29(19-22-13-10-16-24(17-22)35-2)26(31)20-30(36(3,33)34)23-14-8-5-9-15-23/h4-17,25H,18-20H2,1-3H3,(H,28,32). The summed E-state index contributed by atoms with van der Waals surface area (Å²) in [5.41, 5.74) is 1.99. The van der Waals surface area contributed by atoms with Crippen molar-refractivity contribution >= 4 is 27.5 Å². The minimum Gasteiger partial charge on any atom is -0.497 e.